The van der Waals surface area contributed by atoms with Gasteiger partial charge in [-0.15, -0.1) is 0 Å². The first-order valence-electron chi connectivity index (χ1n) is 5.34. The summed E-state index contributed by atoms with van der Waals surface area (Å²) in [7, 11) is 1.76. The number of nitrogens with one attached hydrogen (secondary N) is 1. The first kappa shape index (κ1) is 11.6. The molecule has 1 saturated heterocycles. The Morgan fingerprint density at radius 2 is 2.50 bits per heavy atom. The summed E-state index contributed by atoms with van der Waals surface area (Å²) in [5.74, 6) is 0.0613. The molecule has 88 valence electrons. The normalized spacial score (nSPS) is 24.6. The van der Waals surface area contributed by atoms with Crippen molar-refractivity contribution in [3.8, 4) is 0 Å². The van der Waals surface area contributed by atoms with Gasteiger partial charge >= 0.3 is 0 Å². The number of likely N-dealkylation sites (N-methyl/N-ethyl adjacent to an activating group) is 1. The average molecular weight is 240 g/mol. The molecule has 1 aliphatic rings. The fraction of sp³-hybridized carbons (Fsp3) is 0.545. The Kier molecular flexibility index (Phi) is 3.58. The lowest BCUT2D eigenvalue weighted by atomic mass is 10.1. The van der Waals surface area contributed by atoms with Crippen LogP contribution in [0.15, 0.2) is 16.8 Å². The Balaban J connectivity index is 1.94. The van der Waals surface area contributed by atoms with Crippen LogP contribution in [-0.4, -0.2) is 48.2 Å². The van der Waals surface area contributed by atoms with E-state index in [0.29, 0.717) is 19.5 Å². The van der Waals surface area contributed by atoms with E-state index in [1.165, 1.54) is 0 Å². The van der Waals surface area contributed by atoms with E-state index in [4.69, 9.17) is 0 Å². The third-order valence-corrected chi connectivity index (χ3v) is 3.71. The number of thiophene rings is 1. The van der Waals surface area contributed by atoms with E-state index in [2.05, 4.69) is 5.32 Å². The zero-order chi connectivity index (χ0) is 11.5. The lowest BCUT2D eigenvalue weighted by molar-refractivity contribution is -0.132. The van der Waals surface area contributed by atoms with Gasteiger partial charge in [0.25, 0.3) is 0 Å². The maximum atomic E-state index is 11.9. The highest BCUT2D eigenvalue weighted by Crippen LogP contribution is 2.12. The van der Waals surface area contributed by atoms with Crippen molar-refractivity contribution in [3.63, 3.8) is 0 Å². The Hall–Kier alpha value is -0.910. The predicted octanol–water partition coefficient (Wildman–Crippen LogP) is 0.0817. The van der Waals surface area contributed by atoms with Crippen LogP contribution in [0.4, 0.5) is 0 Å². The van der Waals surface area contributed by atoms with Crippen LogP contribution in [0.2, 0.25) is 0 Å². The fourth-order valence-corrected chi connectivity index (χ4v) is 2.59. The molecule has 4 nitrogen and oxygen atoms in total. The van der Waals surface area contributed by atoms with Gasteiger partial charge in [-0.2, -0.15) is 11.3 Å². The Morgan fingerprint density at radius 3 is 3.06 bits per heavy atom. The summed E-state index contributed by atoms with van der Waals surface area (Å²) in [4.78, 5) is 13.6. The molecule has 1 aromatic heterocycles. The van der Waals surface area contributed by atoms with Crippen molar-refractivity contribution < 1.29 is 9.90 Å². The van der Waals surface area contributed by atoms with Gasteiger partial charge in [-0.3, -0.25) is 4.79 Å². The molecule has 16 heavy (non-hydrogen) atoms. The third-order valence-electron chi connectivity index (χ3n) is 2.98. The van der Waals surface area contributed by atoms with Gasteiger partial charge in [0, 0.05) is 20.1 Å². The second kappa shape index (κ2) is 4.95. The molecule has 0 saturated carbocycles. The van der Waals surface area contributed by atoms with Crippen LogP contribution in [0.5, 0.6) is 0 Å². The second-order valence-corrected chi connectivity index (χ2v) is 4.89. The summed E-state index contributed by atoms with van der Waals surface area (Å²) in [5.41, 5.74) is 1.04. The van der Waals surface area contributed by atoms with Crippen molar-refractivity contribution >= 4 is 17.2 Å². The van der Waals surface area contributed by atoms with Crippen molar-refractivity contribution in [2.24, 2.45) is 0 Å². The van der Waals surface area contributed by atoms with Gasteiger partial charge in [-0.1, -0.05) is 0 Å². The molecule has 0 unspecified atom stereocenters. The van der Waals surface area contributed by atoms with E-state index in [1.54, 1.807) is 23.3 Å². The maximum Gasteiger partial charge on any atom is 0.227 e. The van der Waals surface area contributed by atoms with Gasteiger partial charge in [0.15, 0.2) is 0 Å². The zero-order valence-electron chi connectivity index (χ0n) is 9.22. The molecule has 0 aliphatic carbocycles. The molecule has 0 radical (unpaired) electrons. The predicted molar refractivity (Wildman–Crippen MR) is 63.5 cm³/mol. The lowest BCUT2D eigenvalue weighted by Crippen LogP contribution is -2.44. The largest absolute Gasteiger partial charge is 0.390 e. The van der Waals surface area contributed by atoms with Crippen molar-refractivity contribution in [3.05, 3.63) is 22.4 Å². The molecule has 2 atom stereocenters. The maximum absolute atomic E-state index is 11.9. The number of nitrogens with zero attached hydrogens (tertiary/aromatic N) is 1. The third kappa shape index (κ3) is 2.42. The van der Waals surface area contributed by atoms with Gasteiger partial charge in [0.1, 0.15) is 0 Å². The highest BCUT2D eigenvalue weighted by atomic mass is 32.1. The first-order chi connectivity index (χ1) is 7.68. The Labute approximate surface area is 98.9 Å². The number of carbonyl (C=O) groups is 1. The van der Waals surface area contributed by atoms with Crippen molar-refractivity contribution in [1.29, 1.82) is 0 Å². The van der Waals surface area contributed by atoms with E-state index in [0.717, 1.165) is 5.56 Å². The van der Waals surface area contributed by atoms with Crippen molar-refractivity contribution in [2.45, 2.75) is 18.6 Å². The summed E-state index contributed by atoms with van der Waals surface area (Å²) in [6, 6.07) is 1.87. The van der Waals surface area contributed by atoms with Crippen LogP contribution < -0.4 is 5.32 Å². The molecule has 1 aliphatic heterocycles. The molecule has 1 fully saturated rings. The summed E-state index contributed by atoms with van der Waals surface area (Å²) < 4.78 is 0. The van der Waals surface area contributed by atoms with Crippen LogP contribution in [0.3, 0.4) is 0 Å². The summed E-state index contributed by atoms with van der Waals surface area (Å²) in [6.45, 7) is 1.24. The van der Waals surface area contributed by atoms with Gasteiger partial charge in [-0.25, -0.2) is 0 Å². The monoisotopic (exact) mass is 240 g/mol. The highest BCUT2D eigenvalue weighted by molar-refractivity contribution is 7.07. The van der Waals surface area contributed by atoms with Crippen LogP contribution in [-0.2, 0) is 11.2 Å². The number of hydrogen-bond donors (Lipinski definition) is 2. The molecule has 2 rings (SSSR count). The molecular weight excluding hydrogens is 224 g/mol. The number of hydrogen-bond acceptors (Lipinski definition) is 4. The second-order valence-electron chi connectivity index (χ2n) is 4.11. The lowest BCUT2D eigenvalue weighted by Gasteiger charge is -2.26. The summed E-state index contributed by atoms with van der Waals surface area (Å²) in [5, 5.41) is 16.7. The molecule has 0 spiro atoms. The Morgan fingerprint density at radius 1 is 1.69 bits per heavy atom. The van der Waals surface area contributed by atoms with Gasteiger partial charge < -0.3 is 15.3 Å². The van der Waals surface area contributed by atoms with Gasteiger partial charge in [-0.05, 0) is 22.4 Å². The SMILES string of the molecule is CN(C(=O)Cc1ccsc1)[C@H]1CNC[C@@H]1O. The molecule has 2 heterocycles. The quantitative estimate of drug-likeness (QED) is 0.787. The number of amides is 1. The Bertz CT molecular complexity index is 353. The van der Waals surface area contributed by atoms with E-state index in [9.17, 15) is 9.90 Å². The number of β-amino-alcohol motifs (C(OH)–C–C–N with tert-alkyl or cyclic N) is 1. The zero-order valence-corrected chi connectivity index (χ0v) is 10.0. The molecule has 5 heteroatoms. The minimum absolute atomic E-state index is 0.0613. The van der Waals surface area contributed by atoms with Crippen molar-refractivity contribution in [1.82, 2.24) is 10.2 Å². The number of carbonyl (C=O) groups excluding carboxylic acids is 1. The molecular formula is C11H16N2O2S. The van der Waals surface area contributed by atoms with Crippen molar-refractivity contribution in [2.75, 3.05) is 20.1 Å². The van der Waals surface area contributed by atoms with Crippen LogP contribution >= 0.6 is 11.3 Å². The summed E-state index contributed by atoms with van der Waals surface area (Å²) in [6.07, 6.45) is -0.0279. The highest BCUT2D eigenvalue weighted by Gasteiger charge is 2.30. The van der Waals surface area contributed by atoms with E-state index < -0.39 is 6.10 Å². The molecule has 0 aromatic carbocycles. The van der Waals surface area contributed by atoms with E-state index >= 15 is 0 Å². The van der Waals surface area contributed by atoms with Gasteiger partial charge in [0.2, 0.25) is 5.91 Å². The summed E-state index contributed by atoms with van der Waals surface area (Å²) >= 11 is 1.59. The molecule has 2 N–H and O–H groups in total. The molecule has 1 aromatic rings. The van der Waals surface area contributed by atoms with Crippen LogP contribution in [0, 0.1) is 0 Å². The number of aliphatic hydroxyl groups excluding tert-OH is 1. The van der Waals surface area contributed by atoms with Crippen LogP contribution in [0.25, 0.3) is 0 Å². The average Bonchev–Trinajstić information content (AvgIpc) is 2.88. The molecule has 0 bridgehead atoms. The number of rotatable bonds is 3. The topological polar surface area (TPSA) is 52.6 Å². The minimum atomic E-state index is -0.448. The number of aliphatic hydroxyl groups is 1. The van der Waals surface area contributed by atoms with E-state index in [1.807, 2.05) is 16.8 Å². The van der Waals surface area contributed by atoms with E-state index in [-0.39, 0.29) is 11.9 Å². The van der Waals surface area contributed by atoms with Crippen LogP contribution in [0.1, 0.15) is 5.56 Å². The fourth-order valence-electron chi connectivity index (χ4n) is 1.92. The smallest absolute Gasteiger partial charge is 0.227 e. The first-order valence-corrected chi connectivity index (χ1v) is 6.28. The molecule has 1 amide bonds. The van der Waals surface area contributed by atoms with Gasteiger partial charge in [0.05, 0.1) is 18.6 Å². The minimum Gasteiger partial charge on any atom is -0.390 e. The standard InChI is InChI=1S/C11H16N2O2S/c1-13(9-5-12-6-10(9)14)11(15)4-8-2-3-16-7-8/h2-3,7,9-10,12,14H,4-6H2,1H3/t9-,10-/m0/s1.